The van der Waals surface area contributed by atoms with Gasteiger partial charge in [0, 0.05) is 25.0 Å². The number of amides is 2. The first-order valence-corrected chi connectivity index (χ1v) is 8.95. The van der Waals surface area contributed by atoms with Crippen molar-refractivity contribution in [3.8, 4) is 0 Å². The van der Waals surface area contributed by atoms with Gasteiger partial charge in [-0.05, 0) is 38.5 Å². The lowest BCUT2D eigenvalue weighted by Crippen LogP contribution is -2.53. The zero-order valence-electron chi connectivity index (χ0n) is 14.0. The van der Waals surface area contributed by atoms with Gasteiger partial charge < -0.3 is 19.7 Å². The zero-order chi connectivity index (χ0) is 15.6. The molecule has 0 aromatic rings. The Hall–Kier alpha value is -0.810. The van der Waals surface area contributed by atoms with E-state index in [-0.39, 0.29) is 11.9 Å². The van der Waals surface area contributed by atoms with E-state index >= 15 is 0 Å². The van der Waals surface area contributed by atoms with E-state index in [2.05, 4.69) is 12.2 Å². The minimum Gasteiger partial charge on any atom is -0.347 e. The van der Waals surface area contributed by atoms with E-state index in [1.54, 1.807) is 0 Å². The van der Waals surface area contributed by atoms with Crippen LogP contribution < -0.4 is 5.32 Å². The molecule has 2 heterocycles. The Bertz CT molecular complexity index is 395. The van der Waals surface area contributed by atoms with Gasteiger partial charge >= 0.3 is 6.03 Å². The second-order valence-electron chi connectivity index (χ2n) is 7.15. The van der Waals surface area contributed by atoms with E-state index < -0.39 is 5.79 Å². The van der Waals surface area contributed by atoms with Gasteiger partial charge in [-0.15, -0.1) is 0 Å². The number of rotatable bonds is 3. The second kappa shape index (κ2) is 6.75. The number of urea groups is 1. The molecule has 2 aliphatic heterocycles. The molecule has 3 atom stereocenters. The minimum atomic E-state index is -0.502. The normalized spacial score (nSPS) is 34.8. The van der Waals surface area contributed by atoms with Crippen molar-refractivity contribution in [2.75, 3.05) is 26.3 Å². The van der Waals surface area contributed by atoms with Gasteiger partial charge in [-0.2, -0.15) is 0 Å². The van der Waals surface area contributed by atoms with Crippen LogP contribution in [0.1, 0.15) is 52.4 Å². The van der Waals surface area contributed by atoms with Crippen LogP contribution in [-0.2, 0) is 9.47 Å². The summed E-state index contributed by atoms with van der Waals surface area (Å²) in [7, 11) is 0. The fourth-order valence-corrected chi connectivity index (χ4v) is 4.32. The maximum atomic E-state index is 12.6. The third-order valence-electron chi connectivity index (χ3n) is 5.80. The van der Waals surface area contributed by atoms with Gasteiger partial charge in [-0.1, -0.05) is 19.8 Å². The van der Waals surface area contributed by atoms with Crippen molar-refractivity contribution in [2.24, 2.45) is 11.8 Å². The highest BCUT2D eigenvalue weighted by Gasteiger charge is 2.42. The number of nitrogens with zero attached hydrogens (tertiary/aromatic N) is 1. The number of hydrogen-bond donors (Lipinski definition) is 1. The predicted octanol–water partition coefficient (Wildman–Crippen LogP) is 2.75. The molecule has 0 bridgehead atoms. The Morgan fingerprint density at radius 2 is 2.00 bits per heavy atom. The van der Waals surface area contributed by atoms with Crippen molar-refractivity contribution in [1.29, 1.82) is 0 Å². The van der Waals surface area contributed by atoms with E-state index in [0.717, 1.165) is 38.8 Å². The van der Waals surface area contributed by atoms with Crippen LogP contribution in [0, 0.1) is 11.8 Å². The average Bonchev–Trinajstić information content (AvgIpc) is 3.17. The molecular formula is C17H30N2O3. The van der Waals surface area contributed by atoms with Crippen molar-refractivity contribution in [1.82, 2.24) is 10.2 Å². The summed E-state index contributed by atoms with van der Waals surface area (Å²) in [5.74, 6) is 0.432. The third kappa shape index (κ3) is 3.25. The Kier molecular flexibility index (Phi) is 4.93. The first-order valence-electron chi connectivity index (χ1n) is 8.95. The van der Waals surface area contributed by atoms with Gasteiger partial charge in [0.15, 0.2) is 5.79 Å². The van der Waals surface area contributed by atoms with Crippen LogP contribution in [-0.4, -0.2) is 49.1 Å². The smallest absolute Gasteiger partial charge is 0.317 e. The molecule has 126 valence electrons. The lowest BCUT2D eigenvalue weighted by Gasteiger charge is -2.40. The van der Waals surface area contributed by atoms with Crippen molar-refractivity contribution in [2.45, 2.75) is 64.2 Å². The van der Waals surface area contributed by atoms with Gasteiger partial charge in [0.1, 0.15) is 0 Å². The number of likely N-dealkylation sites (tertiary alicyclic amines) is 1. The van der Waals surface area contributed by atoms with Crippen LogP contribution in [0.4, 0.5) is 4.79 Å². The van der Waals surface area contributed by atoms with Crippen LogP contribution in [0.2, 0.25) is 0 Å². The summed E-state index contributed by atoms with van der Waals surface area (Å²) in [4.78, 5) is 14.6. The number of nitrogens with one attached hydrogen (secondary N) is 1. The van der Waals surface area contributed by atoms with Gasteiger partial charge in [-0.3, -0.25) is 0 Å². The molecule has 0 unspecified atom stereocenters. The summed E-state index contributed by atoms with van der Waals surface area (Å²) < 4.78 is 11.6. The van der Waals surface area contributed by atoms with Crippen LogP contribution in [0.15, 0.2) is 0 Å². The van der Waals surface area contributed by atoms with Crippen LogP contribution in [0.3, 0.4) is 0 Å². The van der Waals surface area contributed by atoms with E-state index in [4.69, 9.17) is 9.47 Å². The quantitative estimate of drug-likeness (QED) is 0.872. The molecular weight excluding hydrogens is 280 g/mol. The molecule has 3 rings (SSSR count). The molecule has 0 radical (unpaired) electrons. The van der Waals surface area contributed by atoms with Crippen LogP contribution in [0.5, 0.6) is 0 Å². The molecule has 2 amide bonds. The summed E-state index contributed by atoms with van der Waals surface area (Å²) in [6, 6.07) is 0.476. The first-order chi connectivity index (χ1) is 10.6. The molecule has 0 spiro atoms. The summed E-state index contributed by atoms with van der Waals surface area (Å²) in [6.07, 6.45) is 6.89. The predicted molar refractivity (Wildman–Crippen MR) is 84.6 cm³/mol. The Labute approximate surface area is 133 Å². The van der Waals surface area contributed by atoms with E-state index in [9.17, 15) is 4.79 Å². The molecule has 0 aromatic heterocycles. The van der Waals surface area contributed by atoms with E-state index in [1.165, 1.54) is 12.8 Å². The molecule has 1 N–H and O–H groups in total. The number of ether oxygens (including phenoxy) is 2. The zero-order valence-corrected chi connectivity index (χ0v) is 14.0. The number of piperidine rings is 1. The Balaban J connectivity index is 1.56. The molecule has 0 aromatic carbocycles. The highest BCUT2D eigenvalue weighted by molar-refractivity contribution is 5.74. The van der Waals surface area contributed by atoms with Crippen molar-refractivity contribution in [3.05, 3.63) is 0 Å². The van der Waals surface area contributed by atoms with Gasteiger partial charge in [0.25, 0.3) is 0 Å². The standard InChI is InChI=1S/C17H30N2O3/c1-3-13-6-4-8-15(13)18-16(20)19-9-5-7-14(12-19)17(2)21-10-11-22-17/h13-15H,3-12H2,1-2H3,(H,18,20)/t13-,14+,15+/m1/s1. The number of carbonyl (C=O) groups excluding carboxylic acids is 1. The molecule has 2 saturated heterocycles. The van der Waals surface area contributed by atoms with Gasteiger partial charge in [0.2, 0.25) is 0 Å². The minimum absolute atomic E-state index is 0.108. The monoisotopic (exact) mass is 310 g/mol. The molecule has 1 saturated carbocycles. The fraction of sp³-hybridized carbons (Fsp3) is 0.941. The van der Waals surface area contributed by atoms with E-state index in [0.29, 0.717) is 25.2 Å². The van der Waals surface area contributed by atoms with Gasteiger partial charge in [-0.25, -0.2) is 4.79 Å². The van der Waals surface area contributed by atoms with E-state index in [1.807, 2.05) is 11.8 Å². The maximum Gasteiger partial charge on any atom is 0.317 e. The average molecular weight is 310 g/mol. The molecule has 22 heavy (non-hydrogen) atoms. The largest absolute Gasteiger partial charge is 0.347 e. The van der Waals surface area contributed by atoms with Crippen LogP contribution in [0.25, 0.3) is 0 Å². The molecule has 1 aliphatic carbocycles. The van der Waals surface area contributed by atoms with Crippen molar-refractivity contribution < 1.29 is 14.3 Å². The maximum absolute atomic E-state index is 12.6. The SMILES string of the molecule is CC[C@@H]1CCC[C@@H]1NC(=O)N1CCC[C@H](C2(C)OCCO2)C1. The Morgan fingerprint density at radius 1 is 1.23 bits per heavy atom. The summed E-state index contributed by atoms with van der Waals surface area (Å²) in [5.41, 5.74) is 0. The lowest BCUT2D eigenvalue weighted by molar-refractivity contribution is -0.189. The van der Waals surface area contributed by atoms with Crippen LogP contribution >= 0.6 is 0 Å². The van der Waals surface area contributed by atoms with Gasteiger partial charge in [0.05, 0.1) is 13.2 Å². The topological polar surface area (TPSA) is 50.8 Å². The van der Waals surface area contributed by atoms with Crippen molar-refractivity contribution in [3.63, 3.8) is 0 Å². The first kappa shape index (κ1) is 16.1. The van der Waals surface area contributed by atoms with Crippen molar-refractivity contribution >= 4 is 6.03 Å². The third-order valence-corrected chi connectivity index (χ3v) is 5.80. The Morgan fingerprint density at radius 3 is 2.73 bits per heavy atom. The summed E-state index contributed by atoms with van der Waals surface area (Å²) in [5, 5.41) is 3.28. The molecule has 3 aliphatic rings. The summed E-state index contributed by atoms with van der Waals surface area (Å²) in [6.45, 7) is 7.17. The summed E-state index contributed by atoms with van der Waals surface area (Å²) >= 11 is 0. The second-order valence-corrected chi connectivity index (χ2v) is 7.15. The number of hydrogen-bond acceptors (Lipinski definition) is 3. The lowest BCUT2D eigenvalue weighted by atomic mass is 9.90. The molecule has 3 fully saturated rings. The highest BCUT2D eigenvalue weighted by Crippen LogP contribution is 2.34. The fourth-order valence-electron chi connectivity index (χ4n) is 4.32. The number of carbonyl (C=O) groups is 1. The molecule has 5 nitrogen and oxygen atoms in total. The molecule has 5 heteroatoms. The highest BCUT2D eigenvalue weighted by atomic mass is 16.7.